The van der Waals surface area contributed by atoms with Gasteiger partial charge in [0, 0.05) is 37.9 Å². The molecule has 2 amide bonds. The van der Waals surface area contributed by atoms with Gasteiger partial charge in [0.15, 0.2) is 5.82 Å². The smallest absolute Gasteiger partial charge is 0.319 e. The van der Waals surface area contributed by atoms with E-state index in [2.05, 4.69) is 30.5 Å². The number of carbonyl (C=O) groups is 1. The summed E-state index contributed by atoms with van der Waals surface area (Å²) in [5, 5.41) is 16.9. The maximum atomic E-state index is 16.8. The average Bonchev–Trinajstić information content (AvgIpc) is 3.76. The summed E-state index contributed by atoms with van der Waals surface area (Å²) in [7, 11) is 0. The van der Waals surface area contributed by atoms with Gasteiger partial charge in [0.1, 0.15) is 29.5 Å². The number of nitrogens with zero attached hydrogens (tertiary/aromatic N) is 5. The van der Waals surface area contributed by atoms with Gasteiger partial charge in [0.2, 0.25) is 0 Å². The normalized spacial score (nSPS) is 21.8. The molecule has 46 heavy (non-hydrogen) atoms. The van der Waals surface area contributed by atoms with E-state index in [1.807, 2.05) is 6.92 Å². The second-order valence-electron chi connectivity index (χ2n) is 12.5. The first-order chi connectivity index (χ1) is 22.4. The number of rotatable bonds is 9. The summed E-state index contributed by atoms with van der Waals surface area (Å²) < 4.78 is 38.2. The van der Waals surface area contributed by atoms with E-state index < -0.39 is 11.9 Å². The van der Waals surface area contributed by atoms with Crippen LogP contribution in [0.5, 0.6) is 6.01 Å². The van der Waals surface area contributed by atoms with Gasteiger partial charge in [-0.1, -0.05) is 31.2 Å². The van der Waals surface area contributed by atoms with Crippen molar-refractivity contribution in [2.75, 3.05) is 51.2 Å². The van der Waals surface area contributed by atoms with Gasteiger partial charge in [0.25, 0.3) is 0 Å². The minimum absolute atomic E-state index is 0.0113. The van der Waals surface area contributed by atoms with Crippen LogP contribution in [-0.2, 0) is 6.42 Å². The molecule has 3 N–H and O–H groups in total. The largest absolute Gasteiger partial charge is 0.461 e. The van der Waals surface area contributed by atoms with E-state index in [4.69, 9.17) is 4.74 Å². The number of amides is 2. The van der Waals surface area contributed by atoms with Crippen molar-refractivity contribution in [3.63, 3.8) is 0 Å². The first kappa shape index (κ1) is 30.5. The highest BCUT2D eigenvalue weighted by atomic mass is 19.1. The van der Waals surface area contributed by atoms with E-state index in [0.717, 1.165) is 38.8 Å². The van der Waals surface area contributed by atoms with E-state index >= 15 is 8.78 Å². The van der Waals surface area contributed by atoms with Gasteiger partial charge in [-0.3, -0.25) is 9.88 Å². The van der Waals surface area contributed by atoms with Crippen molar-refractivity contribution in [2.24, 2.45) is 0 Å². The molecular formula is C34H39F2N7O3. The number of urea groups is 1. The molecule has 12 heteroatoms. The summed E-state index contributed by atoms with van der Waals surface area (Å²) >= 11 is 0. The number of carbonyl (C=O) groups excluding carboxylic acids is 1. The second-order valence-corrected chi connectivity index (χ2v) is 12.5. The fraction of sp³-hybridized carbons (Fsp3) is 0.471. The summed E-state index contributed by atoms with van der Waals surface area (Å²) in [6, 6.07) is 2.97. The summed E-state index contributed by atoms with van der Waals surface area (Å²) in [5.41, 5.74) is 2.04. The zero-order chi connectivity index (χ0) is 31.8. The molecule has 242 valence electrons. The number of anilines is 1. The van der Waals surface area contributed by atoms with Crippen molar-refractivity contribution in [2.45, 2.75) is 57.1 Å². The molecule has 10 nitrogen and oxygen atoms in total. The highest BCUT2D eigenvalue weighted by Crippen LogP contribution is 2.40. The maximum Gasteiger partial charge on any atom is 0.319 e. The third-order valence-electron chi connectivity index (χ3n) is 9.79. The van der Waals surface area contributed by atoms with Crippen LogP contribution < -0.4 is 15.4 Å². The lowest BCUT2D eigenvalue weighted by molar-refractivity contribution is 0.108. The first-order valence-corrected chi connectivity index (χ1v) is 16.3. The molecule has 3 aromatic rings. The third kappa shape index (κ3) is 5.57. The number of halogens is 2. The summed E-state index contributed by atoms with van der Waals surface area (Å²) in [6.45, 7) is 6.37. The van der Waals surface area contributed by atoms with Gasteiger partial charge in [-0.15, -0.1) is 0 Å². The summed E-state index contributed by atoms with van der Waals surface area (Å²) in [4.78, 5) is 30.0. The molecule has 7 rings (SSSR count). The van der Waals surface area contributed by atoms with Gasteiger partial charge in [-0.2, -0.15) is 9.97 Å². The van der Waals surface area contributed by atoms with Crippen LogP contribution in [-0.4, -0.2) is 93.4 Å². The molecule has 1 atom stereocenters. The number of pyridine rings is 1. The molecule has 0 bridgehead atoms. The Morgan fingerprint density at radius 3 is 2.76 bits per heavy atom. The zero-order valence-corrected chi connectivity index (χ0v) is 26.0. The second kappa shape index (κ2) is 12.6. The standard InChI is InChI=1S/C34H39F2N7O3/c1-2-23-26(35)10-6-21-5-7-22(44)8-9-24(27(21)23)29-28(36)30-25(19-39-29)31(37-13-17-42-18-14-38-33(42)45)41-32(40-30)46-20-34-11-3-15-43(34)16-4-12-34/h5-7,9-10,19,22,44H,2-4,8,11-18,20H2,1H3,(H,38,45)(H,37,40,41)/b7-5?,24-9+. The molecule has 0 radical (unpaired) electrons. The molecule has 1 aromatic carbocycles. The minimum atomic E-state index is -0.789. The van der Waals surface area contributed by atoms with Crippen LogP contribution in [0.15, 0.2) is 30.5 Å². The predicted molar refractivity (Wildman–Crippen MR) is 172 cm³/mol. The number of hydrogen-bond acceptors (Lipinski definition) is 8. The molecule has 0 saturated carbocycles. The Morgan fingerprint density at radius 1 is 1.17 bits per heavy atom. The lowest BCUT2D eigenvalue weighted by Crippen LogP contribution is -2.43. The van der Waals surface area contributed by atoms with Crippen molar-refractivity contribution in [1.29, 1.82) is 0 Å². The van der Waals surface area contributed by atoms with Crippen molar-refractivity contribution in [3.05, 3.63) is 64.5 Å². The van der Waals surface area contributed by atoms with Gasteiger partial charge >= 0.3 is 12.0 Å². The SMILES string of the molecule is CCc1c(F)ccc2c1/C(c1ncc3c(NCCN4CCNC4=O)nc(OCC45CCCN4CCC5)nc3c1F)=C\CC(O)C=C2. The van der Waals surface area contributed by atoms with Crippen molar-refractivity contribution in [1.82, 2.24) is 30.1 Å². The van der Waals surface area contributed by atoms with E-state index in [-0.39, 0.29) is 41.0 Å². The highest BCUT2D eigenvalue weighted by molar-refractivity contribution is 5.94. The van der Waals surface area contributed by atoms with E-state index in [0.29, 0.717) is 72.7 Å². The van der Waals surface area contributed by atoms with Crippen LogP contribution in [0.3, 0.4) is 0 Å². The number of ether oxygens (including phenoxy) is 1. The zero-order valence-electron chi connectivity index (χ0n) is 26.0. The van der Waals surface area contributed by atoms with Crippen LogP contribution in [0.2, 0.25) is 0 Å². The van der Waals surface area contributed by atoms with Gasteiger partial charge in [-0.25, -0.2) is 13.6 Å². The maximum absolute atomic E-state index is 16.8. The van der Waals surface area contributed by atoms with Gasteiger partial charge in [0.05, 0.1) is 17.0 Å². The van der Waals surface area contributed by atoms with Crippen molar-refractivity contribution >= 4 is 34.4 Å². The number of fused-ring (bicyclic) bond motifs is 3. The highest BCUT2D eigenvalue weighted by Gasteiger charge is 2.45. The van der Waals surface area contributed by atoms with E-state index in [1.165, 1.54) is 12.3 Å². The molecule has 2 aromatic heterocycles. The predicted octanol–water partition coefficient (Wildman–Crippen LogP) is 4.52. The summed E-state index contributed by atoms with van der Waals surface area (Å²) in [5.74, 6) is -0.711. The van der Waals surface area contributed by atoms with E-state index in [1.54, 1.807) is 29.2 Å². The lowest BCUT2D eigenvalue weighted by Gasteiger charge is -2.31. The molecular weight excluding hydrogens is 592 g/mol. The number of aliphatic hydroxyl groups is 1. The monoisotopic (exact) mass is 631 g/mol. The van der Waals surface area contributed by atoms with Crippen molar-refractivity contribution < 1.29 is 23.4 Å². The van der Waals surface area contributed by atoms with Crippen LogP contribution >= 0.6 is 0 Å². The first-order valence-electron chi connectivity index (χ1n) is 16.3. The van der Waals surface area contributed by atoms with Gasteiger partial charge < -0.3 is 25.4 Å². The Bertz CT molecular complexity index is 1720. The van der Waals surface area contributed by atoms with Gasteiger partial charge in [-0.05, 0) is 74.4 Å². The lowest BCUT2D eigenvalue weighted by atomic mass is 9.87. The molecule has 5 heterocycles. The Balaban J connectivity index is 1.29. The molecule has 3 saturated heterocycles. The van der Waals surface area contributed by atoms with Crippen LogP contribution in [0.25, 0.3) is 22.6 Å². The van der Waals surface area contributed by atoms with Crippen molar-refractivity contribution in [3.8, 4) is 6.01 Å². The molecule has 0 spiro atoms. The molecule has 1 aliphatic carbocycles. The Hall–Kier alpha value is -4.16. The molecule has 1 unspecified atom stereocenters. The van der Waals surface area contributed by atoms with Crippen LogP contribution in [0.4, 0.5) is 19.4 Å². The number of hydrogen-bond donors (Lipinski definition) is 3. The Kier molecular flexibility index (Phi) is 8.33. The number of aliphatic hydroxyl groups excluding tert-OH is 1. The minimum Gasteiger partial charge on any atom is -0.461 e. The topological polar surface area (TPSA) is 116 Å². The Labute approximate surface area is 266 Å². The Morgan fingerprint density at radius 2 is 2.00 bits per heavy atom. The number of benzene rings is 1. The van der Waals surface area contributed by atoms with Crippen LogP contribution in [0.1, 0.15) is 61.4 Å². The average molecular weight is 632 g/mol. The molecule has 3 fully saturated rings. The quantitative estimate of drug-likeness (QED) is 0.316. The third-order valence-corrected chi connectivity index (χ3v) is 9.79. The number of nitrogens with one attached hydrogen (secondary N) is 2. The van der Waals surface area contributed by atoms with E-state index in [9.17, 15) is 9.90 Å². The fourth-order valence-electron chi connectivity index (χ4n) is 7.41. The number of aromatic nitrogens is 3. The fourth-order valence-corrected chi connectivity index (χ4v) is 7.41. The summed E-state index contributed by atoms with van der Waals surface area (Å²) in [6.07, 6.45) is 10.8. The van der Waals surface area contributed by atoms with Crippen LogP contribution in [0, 0.1) is 11.6 Å². The molecule has 3 aliphatic heterocycles. The molecule has 4 aliphatic rings.